The first-order valence-electron chi connectivity index (χ1n) is 8.63. The summed E-state index contributed by atoms with van der Waals surface area (Å²) in [5.41, 5.74) is 1.50. The van der Waals surface area contributed by atoms with Crippen molar-refractivity contribution in [2.75, 3.05) is 26.8 Å². The number of methoxy groups -OCH3 is 1. The van der Waals surface area contributed by atoms with Crippen molar-refractivity contribution in [3.63, 3.8) is 0 Å². The molecule has 1 aromatic heterocycles. The van der Waals surface area contributed by atoms with Gasteiger partial charge in [-0.3, -0.25) is 4.90 Å². The number of nitrogens with zero attached hydrogens (tertiary/aromatic N) is 3. The average Bonchev–Trinajstić information content (AvgIpc) is 2.89. The van der Waals surface area contributed by atoms with Gasteiger partial charge in [0.15, 0.2) is 0 Å². The molecule has 0 saturated carbocycles. The quantitative estimate of drug-likeness (QED) is 0.820. The molecule has 0 N–H and O–H groups in total. The molecule has 4 nitrogen and oxygen atoms in total. The predicted octanol–water partition coefficient (Wildman–Crippen LogP) is 3.30. The van der Waals surface area contributed by atoms with Gasteiger partial charge in [-0.25, -0.2) is 4.98 Å². The van der Waals surface area contributed by atoms with Gasteiger partial charge < -0.3 is 9.30 Å². The zero-order chi connectivity index (χ0) is 15.9. The zero-order valence-electron chi connectivity index (χ0n) is 14.0. The van der Waals surface area contributed by atoms with Gasteiger partial charge in [-0.1, -0.05) is 30.3 Å². The molecule has 0 aliphatic carbocycles. The van der Waals surface area contributed by atoms with E-state index in [1.54, 1.807) is 7.11 Å². The van der Waals surface area contributed by atoms with Crippen LogP contribution in [-0.2, 0) is 17.8 Å². The third kappa shape index (κ3) is 4.43. The van der Waals surface area contributed by atoms with Gasteiger partial charge in [0.25, 0.3) is 0 Å². The summed E-state index contributed by atoms with van der Waals surface area (Å²) in [5, 5.41) is 0. The maximum Gasteiger partial charge on any atom is 0.122 e. The van der Waals surface area contributed by atoms with Gasteiger partial charge in [0.2, 0.25) is 0 Å². The van der Waals surface area contributed by atoms with Gasteiger partial charge in [0.1, 0.15) is 5.82 Å². The fourth-order valence-corrected chi connectivity index (χ4v) is 3.46. The van der Waals surface area contributed by atoms with E-state index in [-0.39, 0.29) is 0 Å². The van der Waals surface area contributed by atoms with Gasteiger partial charge in [-0.2, -0.15) is 0 Å². The second kappa shape index (κ2) is 8.27. The Bertz CT molecular complexity index is 581. The first-order valence-corrected chi connectivity index (χ1v) is 8.63. The molecule has 1 saturated heterocycles. The van der Waals surface area contributed by atoms with Crippen LogP contribution in [-0.4, -0.2) is 41.3 Å². The van der Waals surface area contributed by atoms with Crippen LogP contribution in [0.1, 0.15) is 36.6 Å². The van der Waals surface area contributed by atoms with Crippen LogP contribution in [0.3, 0.4) is 0 Å². The summed E-state index contributed by atoms with van der Waals surface area (Å²) in [6, 6.07) is 11.0. The summed E-state index contributed by atoms with van der Waals surface area (Å²) in [4.78, 5) is 7.09. The van der Waals surface area contributed by atoms with Crippen LogP contribution in [0.5, 0.6) is 0 Å². The molecule has 4 heteroatoms. The van der Waals surface area contributed by atoms with Crippen LogP contribution in [0.2, 0.25) is 0 Å². The third-order valence-corrected chi connectivity index (χ3v) is 4.79. The number of rotatable bonds is 6. The monoisotopic (exact) mass is 313 g/mol. The van der Waals surface area contributed by atoms with Crippen molar-refractivity contribution in [3.05, 3.63) is 54.1 Å². The fraction of sp³-hybridized carbons (Fsp3) is 0.526. The maximum atomic E-state index is 5.18. The molecule has 3 rings (SSSR count). The Morgan fingerprint density at radius 2 is 2.04 bits per heavy atom. The summed E-state index contributed by atoms with van der Waals surface area (Å²) in [6.07, 6.45) is 7.74. The highest BCUT2D eigenvalue weighted by Crippen LogP contribution is 2.28. The molecule has 1 aromatic carbocycles. The third-order valence-electron chi connectivity index (χ3n) is 4.79. The molecule has 0 unspecified atom stereocenters. The molecule has 0 radical (unpaired) electrons. The van der Waals surface area contributed by atoms with Crippen LogP contribution in [0.25, 0.3) is 0 Å². The molecule has 1 fully saturated rings. The minimum absolute atomic E-state index is 0.703. The van der Waals surface area contributed by atoms with Crippen molar-refractivity contribution in [1.29, 1.82) is 0 Å². The molecule has 2 aromatic rings. The van der Waals surface area contributed by atoms with E-state index < -0.39 is 0 Å². The summed E-state index contributed by atoms with van der Waals surface area (Å²) in [5.74, 6) is 1.86. The lowest BCUT2D eigenvalue weighted by atomic mass is 9.92. The van der Waals surface area contributed by atoms with Crippen molar-refractivity contribution in [2.24, 2.45) is 0 Å². The Morgan fingerprint density at radius 1 is 1.17 bits per heavy atom. The Balaban J connectivity index is 1.57. The lowest BCUT2D eigenvalue weighted by Crippen LogP contribution is -2.26. The molecule has 23 heavy (non-hydrogen) atoms. The Morgan fingerprint density at radius 3 is 2.87 bits per heavy atom. The highest BCUT2D eigenvalue weighted by molar-refractivity contribution is 5.19. The SMILES string of the molecule is COCCn1ccnc1CN1CCC[C@H](c2ccccc2)CC1. The van der Waals surface area contributed by atoms with E-state index in [4.69, 9.17) is 4.74 Å². The average molecular weight is 313 g/mol. The van der Waals surface area contributed by atoms with E-state index in [1.165, 1.54) is 31.4 Å². The number of aromatic nitrogens is 2. The van der Waals surface area contributed by atoms with E-state index in [0.29, 0.717) is 5.92 Å². The summed E-state index contributed by atoms with van der Waals surface area (Å²) >= 11 is 0. The van der Waals surface area contributed by atoms with E-state index >= 15 is 0 Å². The van der Waals surface area contributed by atoms with Gasteiger partial charge in [-0.15, -0.1) is 0 Å². The molecule has 1 aliphatic heterocycles. The van der Waals surface area contributed by atoms with Crippen molar-refractivity contribution in [3.8, 4) is 0 Å². The van der Waals surface area contributed by atoms with Crippen molar-refractivity contribution < 1.29 is 4.74 Å². The van der Waals surface area contributed by atoms with E-state index in [9.17, 15) is 0 Å². The number of hydrogen-bond donors (Lipinski definition) is 0. The number of hydrogen-bond acceptors (Lipinski definition) is 3. The Labute approximate surface area is 139 Å². The molecular weight excluding hydrogens is 286 g/mol. The smallest absolute Gasteiger partial charge is 0.122 e. The molecule has 124 valence electrons. The standard InChI is InChI=1S/C19H27N3O/c1-23-15-14-22-13-10-20-19(22)16-21-11-5-8-18(9-12-21)17-6-3-2-4-7-17/h2-4,6-7,10,13,18H,5,8-9,11-12,14-16H2,1H3/t18-/m0/s1. The van der Waals surface area contributed by atoms with Crippen LogP contribution in [0.15, 0.2) is 42.7 Å². The van der Waals surface area contributed by atoms with E-state index in [0.717, 1.165) is 32.1 Å². The predicted molar refractivity (Wildman–Crippen MR) is 92.4 cm³/mol. The largest absolute Gasteiger partial charge is 0.383 e. The van der Waals surface area contributed by atoms with Gasteiger partial charge in [0, 0.05) is 26.0 Å². The molecular formula is C19H27N3O. The van der Waals surface area contributed by atoms with Gasteiger partial charge in [-0.05, 0) is 43.8 Å². The zero-order valence-corrected chi connectivity index (χ0v) is 14.0. The molecule has 1 aliphatic rings. The molecule has 1 atom stereocenters. The van der Waals surface area contributed by atoms with Crippen molar-refractivity contribution in [2.45, 2.75) is 38.3 Å². The highest BCUT2D eigenvalue weighted by atomic mass is 16.5. The maximum absolute atomic E-state index is 5.18. The normalized spacial score (nSPS) is 19.6. The fourth-order valence-electron chi connectivity index (χ4n) is 3.46. The number of imidazole rings is 1. The first-order chi connectivity index (χ1) is 11.4. The summed E-state index contributed by atoms with van der Waals surface area (Å²) in [6.45, 7) is 4.88. The topological polar surface area (TPSA) is 30.3 Å². The minimum Gasteiger partial charge on any atom is -0.383 e. The molecule has 2 heterocycles. The minimum atomic E-state index is 0.703. The lowest BCUT2D eigenvalue weighted by Gasteiger charge is -2.20. The Kier molecular flexibility index (Phi) is 5.83. The van der Waals surface area contributed by atoms with Crippen LogP contribution in [0, 0.1) is 0 Å². The Hall–Kier alpha value is -1.65. The number of ether oxygens (including phenoxy) is 1. The van der Waals surface area contributed by atoms with Crippen LogP contribution < -0.4 is 0 Å². The summed E-state index contributed by atoms with van der Waals surface area (Å²) in [7, 11) is 1.75. The lowest BCUT2D eigenvalue weighted by molar-refractivity contribution is 0.184. The van der Waals surface area contributed by atoms with Crippen molar-refractivity contribution >= 4 is 0 Å². The second-order valence-electron chi connectivity index (χ2n) is 6.34. The van der Waals surface area contributed by atoms with E-state index in [1.807, 2.05) is 6.20 Å². The second-order valence-corrected chi connectivity index (χ2v) is 6.34. The van der Waals surface area contributed by atoms with Gasteiger partial charge >= 0.3 is 0 Å². The van der Waals surface area contributed by atoms with E-state index in [2.05, 4.69) is 51.0 Å². The van der Waals surface area contributed by atoms with Crippen LogP contribution in [0.4, 0.5) is 0 Å². The number of benzene rings is 1. The molecule has 0 amide bonds. The highest BCUT2D eigenvalue weighted by Gasteiger charge is 2.19. The summed E-state index contributed by atoms with van der Waals surface area (Å²) < 4.78 is 7.39. The number of likely N-dealkylation sites (tertiary alicyclic amines) is 1. The van der Waals surface area contributed by atoms with Crippen molar-refractivity contribution in [1.82, 2.24) is 14.5 Å². The van der Waals surface area contributed by atoms with Gasteiger partial charge in [0.05, 0.1) is 13.2 Å². The molecule has 0 spiro atoms. The first kappa shape index (κ1) is 16.2. The van der Waals surface area contributed by atoms with Crippen LogP contribution >= 0.6 is 0 Å². The molecule has 0 bridgehead atoms.